The second kappa shape index (κ2) is 5.16. The number of benzene rings is 1. The van der Waals surface area contributed by atoms with Crippen LogP contribution in [0.15, 0.2) is 30.3 Å². The van der Waals surface area contributed by atoms with Gasteiger partial charge in [0.25, 0.3) is 0 Å². The van der Waals surface area contributed by atoms with Crippen molar-refractivity contribution in [3.05, 3.63) is 30.3 Å². The van der Waals surface area contributed by atoms with Gasteiger partial charge in [-0.15, -0.1) is 0 Å². The number of halogens is 1. The molecule has 2 nitrogen and oxygen atoms in total. The molecule has 1 heterocycles. The first-order chi connectivity index (χ1) is 7.27. The van der Waals surface area contributed by atoms with Crippen LogP contribution in [-0.2, 0) is 0 Å². The summed E-state index contributed by atoms with van der Waals surface area (Å²) in [6, 6.07) is 10.8. The normalized spacial score (nSPS) is 19.1. The Hall–Kier alpha value is -0.290. The van der Waals surface area contributed by atoms with E-state index in [1.165, 1.54) is 31.9 Å². The number of hydrogen-bond acceptors (Lipinski definition) is 2. The van der Waals surface area contributed by atoms with E-state index >= 15 is 0 Å². The summed E-state index contributed by atoms with van der Waals surface area (Å²) < 4.78 is 2.70. The zero-order chi connectivity index (χ0) is 10.7. The van der Waals surface area contributed by atoms with Gasteiger partial charge in [0, 0.05) is 0 Å². The fourth-order valence-electron chi connectivity index (χ4n) is 1.92. The second-order valence-electron chi connectivity index (χ2n) is 3.95. The molecule has 0 spiro atoms. The number of nitrogens with zero attached hydrogens (tertiary/aromatic N) is 2. The van der Waals surface area contributed by atoms with Crippen LogP contribution >= 0.6 is 20.1 Å². The Kier molecular flexibility index (Phi) is 3.86. The van der Waals surface area contributed by atoms with E-state index in [1.807, 2.05) is 0 Å². The summed E-state index contributed by atoms with van der Waals surface area (Å²) in [6.45, 7) is 4.90. The number of piperazine rings is 1. The predicted octanol–water partition coefficient (Wildman–Crippen LogP) is 2.49. The van der Waals surface area contributed by atoms with Crippen LogP contribution in [0.1, 0.15) is 0 Å². The van der Waals surface area contributed by atoms with Crippen LogP contribution < -0.4 is 4.90 Å². The fraction of sp³-hybridized carbons (Fsp3) is 0.500. The topological polar surface area (TPSA) is 6.48 Å². The Morgan fingerprint density at radius 1 is 0.933 bits per heavy atom. The molecular formula is C12H19IN2. The van der Waals surface area contributed by atoms with E-state index in [0.29, 0.717) is 0 Å². The molecule has 15 heavy (non-hydrogen) atoms. The Morgan fingerprint density at radius 2 is 1.53 bits per heavy atom. The molecule has 1 fully saturated rings. The number of hydrogen-bond donors (Lipinski definition) is 0. The van der Waals surface area contributed by atoms with Gasteiger partial charge in [0.15, 0.2) is 0 Å². The van der Waals surface area contributed by atoms with Crippen molar-refractivity contribution < 1.29 is 0 Å². The molecule has 0 aliphatic carbocycles. The molecule has 2 rings (SSSR count). The molecule has 1 aromatic carbocycles. The molecule has 0 amide bonds. The first-order valence-corrected chi connectivity index (χ1v) is 10.6. The summed E-state index contributed by atoms with van der Waals surface area (Å²) in [5, 5.41) is 0. The molecule has 0 bridgehead atoms. The predicted molar refractivity (Wildman–Crippen MR) is 76.1 cm³/mol. The van der Waals surface area contributed by atoms with Gasteiger partial charge in [-0.25, -0.2) is 0 Å². The maximum absolute atomic E-state index is 2.70. The molecular weight excluding hydrogens is 299 g/mol. The summed E-state index contributed by atoms with van der Waals surface area (Å²) in [4.78, 5) is 7.36. The molecule has 1 aliphatic rings. The molecule has 1 aliphatic heterocycles. The Bertz CT molecular complexity index is 292. The Morgan fingerprint density at radius 3 is 2.07 bits per heavy atom. The van der Waals surface area contributed by atoms with Crippen molar-refractivity contribution in [2.75, 3.05) is 40.9 Å². The monoisotopic (exact) mass is 318 g/mol. The Balaban J connectivity index is 1.94. The van der Waals surface area contributed by atoms with Crippen LogP contribution in [0.4, 0.5) is 5.69 Å². The first kappa shape index (κ1) is 11.2. The van der Waals surface area contributed by atoms with E-state index < -0.39 is 20.1 Å². The number of para-hydroxylation sites is 1. The van der Waals surface area contributed by atoms with Gasteiger partial charge in [-0.2, -0.15) is 0 Å². The Labute approximate surface area is 100 Å². The third-order valence-corrected chi connectivity index (χ3v) is 6.52. The molecule has 0 saturated carbocycles. The first-order valence-electron chi connectivity index (χ1n) is 5.32. The third-order valence-electron chi connectivity index (χ3n) is 2.82. The van der Waals surface area contributed by atoms with Gasteiger partial charge in [-0.3, -0.25) is 0 Å². The standard InChI is InChI=1S/C12H19IN2/c1-13(2)15-10-8-14(9-11-15)12-6-4-3-5-7-12/h3-7H,8-11H2,1-2H3. The van der Waals surface area contributed by atoms with Crippen molar-refractivity contribution in [3.63, 3.8) is 0 Å². The van der Waals surface area contributed by atoms with Gasteiger partial charge >= 0.3 is 100 Å². The quantitative estimate of drug-likeness (QED) is 0.470. The summed E-state index contributed by atoms with van der Waals surface area (Å²) in [5.74, 6) is 0. The van der Waals surface area contributed by atoms with Gasteiger partial charge in [0.2, 0.25) is 0 Å². The van der Waals surface area contributed by atoms with Crippen LogP contribution in [-0.4, -0.2) is 39.2 Å². The SMILES string of the molecule is CI(C)N1CCN(c2ccccc2)CC1. The van der Waals surface area contributed by atoms with E-state index in [2.05, 4.69) is 48.2 Å². The van der Waals surface area contributed by atoms with Crippen molar-refractivity contribution >= 4 is 25.8 Å². The number of rotatable bonds is 2. The van der Waals surface area contributed by atoms with Crippen LogP contribution in [0.2, 0.25) is 0 Å². The van der Waals surface area contributed by atoms with E-state index in [-0.39, 0.29) is 0 Å². The molecule has 0 radical (unpaired) electrons. The summed E-state index contributed by atoms with van der Waals surface area (Å²) in [7, 11) is 0. The molecule has 0 N–H and O–H groups in total. The van der Waals surface area contributed by atoms with Crippen LogP contribution in [0.5, 0.6) is 0 Å². The fourth-order valence-corrected chi connectivity index (χ4v) is 4.28. The summed E-state index contributed by atoms with van der Waals surface area (Å²) >= 11 is -0.726. The van der Waals surface area contributed by atoms with Crippen LogP contribution in [0, 0.1) is 0 Å². The van der Waals surface area contributed by atoms with Crippen molar-refractivity contribution in [2.45, 2.75) is 0 Å². The maximum atomic E-state index is 2.70. The zero-order valence-electron chi connectivity index (χ0n) is 9.49. The zero-order valence-corrected chi connectivity index (χ0v) is 11.6. The van der Waals surface area contributed by atoms with Crippen molar-refractivity contribution in [2.24, 2.45) is 0 Å². The molecule has 0 unspecified atom stereocenters. The number of anilines is 1. The third kappa shape index (κ3) is 2.84. The molecule has 3 heteroatoms. The van der Waals surface area contributed by atoms with E-state index in [1.54, 1.807) is 0 Å². The van der Waals surface area contributed by atoms with E-state index in [9.17, 15) is 0 Å². The number of alkyl halides is 2. The van der Waals surface area contributed by atoms with Gasteiger partial charge in [0.05, 0.1) is 0 Å². The molecule has 0 aromatic heterocycles. The minimum absolute atomic E-state index is 0.726. The van der Waals surface area contributed by atoms with Crippen LogP contribution in [0.3, 0.4) is 0 Å². The van der Waals surface area contributed by atoms with Gasteiger partial charge in [-0.1, -0.05) is 0 Å². The molecule has 1 aromatic rings. The van der Waals surface area contributed by atoms with Gasteiger partial charge in [-0.05, 0) is 0 Å². The second-order valence-corrected chi connectivity index (χ2v) is 9.40. The van der Waals surface area contributed by atoms with Crippen LogP contribution in [0.25, 0.3) is 0 Å². The van der Waals surface area contributed by atoms with Crippen molar-refractivity contribution in [3.8, 4) is 0 Å². The van der Waals surface area contributed by atoms with E-state index in [0.717, 1.165) is 0 Å². The average molecular weight is 318 g/mol. The molecule has 0 atom stereocenters. The molecule has 1 saturated heterocycles. The summed E-state index contributed by atoms with van der Waals surface area (Å²) in [5.41, 5.74) is 1.38. The van der Waals surface area contributed by atoms with Crippen molar-refractivity contribution in [1.29, 1.82) is 0 Å². The molecule has 84 valence electrons. The van der Waals surface area contributed by atoms with Gasteiger partial charge < -0.3 is 0 Å². The summed E-state index contributed by atoms with van der Waals surface area (Å²) in [6.07, 6.45) is 0. The average Bonchev–Trinajstić information content (AvgIpc) is 2.30. The minimum atomic E-state index is -0.726. The van der Waals surface area contributed by atoms with Crippen molar-refractivity contribution in [1.82, 2.24) is 3.11 Å². The van der Waals surface area contributed by atoms with E-state index in [4.69, 9.17) is 0 Å². The van der Waals surface area contributed by atoms with Gasteiger partial charge in [0.1, 0.15) is 0 Å².